The summed E-state index contributed by atoms with van der Waals surface area (Å²) in [6, 6.07) is 10.1. The predicted molar refractivity (Wildman–Crippen MR) is 80.4 cm³/mol. The molecular formula is C14H10ClNO3S. The van der Waals surface area contributed by atoms with Gasteiger partial charge in [-0.15, -0.1) is 11.3 Å². The summed E-state index contributed by atoms with van der Waals surface area (Å²) >= 11 is 6.96. The van der Waals surface area contributed by atoms with Crippen LogP contribution in [0.2, 0.25) is 5.02 Å². The molecule has 0 saturated carbocycles. The first-order chi connectivity index (χ1) is 9.56. The molecule has 2 rings (SSSR count). The number of carboxylic acid groups (broad SMARTS) is 1. The number of aromatic carboxylic acids is 1. The van der Waals surface area contributed by atoms with Crippen LogP contribution in [0.3, 0.4) is 0 Å². The van der Waals surface area contributed by atoms with Crippen LogP contribution in [0.15, 0.2) is 42.5 Å². The molecule has 0 spiro atoms. The summed E-state index contributed by atoms with van der Waals surface area (Å²) in [7, 11) is 0. The average molecular weight is 308 g/mol. The normalized spacial score (nSPS) is 10.7. The van der Waals surface area contributed by atoms with Gasteiger partial charge in [-0.2, -0.15) is 0 Å². The Balaban J connectivity index is 2.02. The molecule has 6 heteroatoms. The van der Waals surface area contributed by atoms with Gasteiger partial charge in [-0.1, -0.05) is 29.8 Å². The molecule has 0 fully saturated rings. The van der Waals surface area contributed by atoms with Crippen LogP contribution in [-0.2, 0) is 4.79 Å². The van der Waals surface area contributed by atoms with Crippen molar-refractivity contribution in [3.63, 3.8) is 0 Å². The second-order valence-corrected chi connectivity index (χ2v) is 5.30. The third kappa shape index (κ3) is 3.69. The minimum Gasteiger partial charge on any atom is -0.477 e. The van der Waals surface area contributed by atoms with Crippen molar-refractivity contribution in [2.24, 2.45) is 0 Å². The monoisotopic (exact) mass is 307 g/mol. The molecule has 0 unspecified atom stereocenters. The Bertz CT molecular complexity index is 679. The molecule has 20 heavy (non-hydrogen) atoms. The lowest BCUT2D eigenvalue weighted by Crippen LogP contribution is -2.06. The quantitative estimate of drug-likeness (QED) is 0.845. The Kier molecular flexibility index (Phi) is 4.55. The molecule has 0 aliphatic carbocycles. The molecule has 1 amide bonds. The van der Waals surface area contributed by atoms with E-state index in [9.17, 15) is 9.59 Å². The molecule has 1 aromatic heterocycles. The lowest BCUT2D eigenvalue weighted by atomic mass is 10.2. The van der Waals surface area contributed by atoms with Gasteiger partial charge in [0.15, 0.2) is 0 Å². The largest absolute Gasteiger partial charge is 0.477 e. The van der Waals surface area contributed by atoms with E-state index in [1.54, 1.807) is 30.3 Å². The number of thiophene rings is 1. The summed E-state index contributed by atoms with van der Waals surface area (Å²) in [5.74, 6) is -1.36. The summed E-state index contributed by atoms with van der Waals surface area (Å²) in [6.45, 7) is 0. The summed E-state index contributed by atoms with van der Waals surface area (Å²) in [5, 5.41) is 12.4. The first-order valence-electron chi connectivity index (χ1n) is 5.63. The molecule has 0 aliphatic heterocycles. The molecular weight excluding hydrogens is 298 g/mol. The van der Waals surface area contributed by atoms with Gasteiger partial charge in [0.2, 0.25) is 5.91 Å². The number of amides is 1. The van der Waals surface area contributed by atoms with Gasteiger partial charge < -0.3 is 10.4 Å². The number of carbonyl (C=O) groups is 2. The van der Waals surface area contributed by atoms with Crippen LogP contribution in [0.4, 0.5) is 5.00 Å². The van der Waals surface area contributed by atoms with Crippen molar-refractivity contribution in [1.82, 2.24) is 0 Å². The fraction of sp³-hybridized carbons (Fsp3) is 0. The van der Waals surface area contributed by atoms with E-state index < -0.39 is 5.97 Å². The molecule has 2 aromatic rings. The number of halogens is 1. The van der Waals surface area contributed by atoms with Crippen LogP contribution in [-0.4, -0.2) is 17.0 Å². The minimum absolute atomic E-state index is 0.176. The number of hydrogen-bond acceptors (Lipinski definition) is 3. The van der Waals surface area contributed by atoms with Gasteiger partial charge >= 0.3 is 5.97 Å². The highest BCUT2D eigenvalue weighted by Gasteiger charge is 2.07. The summed E-state index contributed by atoms with van der Waals surface area (Å²) in [5.41, 5.74) is 0.738. The molecule has 1 aromatic carbocycles. The highest BCUT2D eigenvalue weighted by molar-refractivity contribution is 7.18. The van der Waals surface area contributed by atoms with E-state index >= 15 is 0 Å². The Morgan fingerprint density at radius 1 is 1.20 bits per heavy atom. The smallest absolute Gasteiger partial charge is 0.345 e. The van der Waals surface area contributed by atoms with Crippen molar-refractivity contribution in [1.29, 1.82) is 0 Å². The SMILES string of the molecule is O=C(/C=C/c1ccccc1Cl)Nc1ccc(C(=O)O)s1. The van der Waals surface area contributed by atoms with E-state index in [2.05, 4.69) is 5.32 Å². The topological polar surface area (TPSA) is 66.4 Å². The molecule has 1 heterocycles. The van der Waals surface area contributed by atoms with E-state index in [1.165, 1.54) is 12.1 Å². The molecule has 0 atom stereocenters. The van der Waals surface area contributed by atoms with Crippen LogP contribution in [0.5, 0.6) is 0 Å². The fourth-order valence-corrected chi connectivity index (χ4v) is 2.41. The first-order valence-corrected chi connectivity index (χ1v) is 6.82. The first kappa shape index (κ1) is 14.3. The van der Waals surface area contributed by atoms with E-state index in [0.717, 1.165) is 16.9 Å². The van der Waals surface area contributed by atoms with Gasteiger partial charge in [-0.3, -0.25) is 4.79 Å². The summed E-state index contributed by atoms with van der Waals surface area (Å²) in [6.07, 6.45) is 2.95. The lowest BCUT2D eigenvalue weighted by molar-refractivity contribution is -0.111. The average Bonchev–Trinajstić information content (AvgIpc) is 2.86. The molecule has 2 N–H and O–H groups in total. The second kappa shape index (κ2) is 6.36. The number of carbonyl (C=O) groups excluding carboxylic acids is 1. The molecule has 102 valence electrons. The van der Waals surface area contributed by atoms with Crippen LogP contribution in [0, 0.1) is 0 Å². The molecule has 0 aliphatic rings. The van der Waals surface area contributed by atoms with Crippen LogP contribution in [0.1, 0.15) is 15.2 Å². The standard InChI is InChI=1S/C14H10ClNO3S/c15-10-4-2-1-3-9(10)5-7-12(17)16-13-8-6-11(20-13)14(18)19/h1-8H,(H,16,17)(H,18,19)/b7-5+. The highest BCUT2D eigenvalue weighted by Crippen LogP contribution is 2.22. The number of hydrogen-bond donors (Lipinski definition) is 2. The maximum absolute atomic E-state index is 11.7. The number of rotatable bonds is 4. The third-order valence-electron chi connectivity index (χ3n) is 2.38. The Morgan fingerprint density at radius 3 is 2.60 bits per heavy atom. The zero-order valence-corrected chi connectivity index (χ0v) is 11.7. The molecule has 0 bridgehead atoms. The van der Waals surface area contributed by atoms with E-state index in [-0.39, 0.29) is 10.8 Å². The van der Waals surface area contributed by atoms with Crippen molar-refractivity contribution in [2.45, 2.75) is 0 Å². The zero-order chi connectivity index (χ0) is 14.5. The molecule has 0 radical (unpaired) electrons. The van der Waals surface area contributed by atoms with E-state index in [1.807, 2.05) is 6.07 Å². The number of carboxylic acids is 1. The number of benzene rings is 1. The second-order valence-electron chi connectivity index (χ2n) is 3.81. The van der Waals surface area contributed by atoms with Gasteiger partial charge in [0.25, 0.3) is 0 Å². The third-order valence-corrected chi connectivity index (χ3v) is 3.72. The predicted octanol–water partition coefficient (Wildman–Crippen LogP) is 3.75. The molecule has 4 nitrogen and oxygen atoms in total. The highest BCUT2D eigenvalue weighted by atomic mass is 35.5. The zero-order valence-electron chi connectivity index (χ0n) is 10.2. The van der Waals surface area contributed by atoms with Crippen molar-refractivity contribution >= 4 is 45.9 Å². The fourth-order valence-electron chi connectivity index (χ4n) is 1.46. The maximum atomic E-state index is 11.7. The van der Waals surface area contributed by atoms with Gasteiger partial charge in [0.1, 0.15) is 4.88 Å². The number of anilines is 1. The lowest BCUT2D eigenvalue weighted by Gasteiger charge is -1.98. The Hall–Kier alpha value is -2.11. The van der Waals surface area contributed by atoms with Crippen molar-refractivity contribution < 1.29 is 14.7 Å². The van der Waals surface area contributed by atoms with Crippen LogP contribution < -0.4 is 5.32 Å². The van der Waals surface area contributed by atoms with E-state index in [0.29, 0.717) is 10.0 Å². The Labute approximate surface area is 124 Å². The van der Waals surface area contributed by atoms with Crippen LogP contribution in [0.25, 0.3) is 6.08 Å². The van der Waals surface area contributed by atoms with Gasteiger partial charge in [0, 0.05) is 11.1 Å². The molecule has 0 saturated heterocycles. The van der Waals surface area contributed by atoms with Crippen molar-refractivity contribution in [3.05, 3.63) is 57.9 Å². The van der Waals surface area contributed by atoms with Gasteiger partial charge in [0.05, 0.1) is 5.00 Å². The van der Waals surface area contributed by atoms with E-state index in [4.69, 9.17) is 16.7 Å². The number of nitrogens with one attached hydrogen (secondary N) is 1. The Morgan fingerprint density at radius 2 is 1.95 bits per heavy atom. The van der Waals surface area contributed by atoms with Crippen molar-refractivity contribution in [2.75, 3.05) is 5.32 Å². The van der Waals surface area contributed by atoms with Gasteiger partial charge in [-0.05, 0) is 29.8 Å². The van der Waals surface area contributed by atoms with Crippen LogP contribution >= 0.6 is 22.9 Å². The van der Waals surface area contributed by atoms with Crippen molar-refractivity contribution in [3.8, 4) is 0 Å². The summed E-state index contributed by atoms with van der Waals surface area (Å²) < 4.78 is 0. The minimum atomic E-state index is -1.01. The van der Waals surface area contributed by atoms with Gasteiger partial charge in [-0.25, -0.2) is 4.79 Å². The maximum Gasteiger partial charge on any atom is 0.345 e. The summed E-state index contributed by atoms with van der Waals surface area (Å²) in [4.78, 5) is 22.6.